The minimum atomic E-state index is -0.306. The van der Waals surface area contributed by atoms with Crippen molar-refractivity contribution < 1.29 is 13.9 Å². The molecular weight excluding hydrogens is 441 g/mol. The summed E-state index contributed by atoms with van der Waals surface area (Å²) in [6.07, 6.45) is 10.4. The van der Waals surface area contributed by atoms with Gasteiger partial charge in [0.1, 0.15) is 12.4 Å². The summed E-state index contributed by atoms with van der Waals surface area (Å²) in [7, 11) is 0. The summed E-state index contributed by atoms with van der Waals surface area (Å²) in [6, 6.07) is 21.1. The Labute approximate surface area is 202 Å². The lowest BCUT2D eigenvalue weighted by Gasteiger charge is -2.14. The van der Waals surface area contributed by atoms with E-state index in [1.54, 1.807) is 30.6 Å². The fourth-order valence-corrected chi connectivity index (χ4v) is 4.11. The third kappa shape index (κ3) is 5.06. The number of rotatable bonds is 7. The molecule has 2 aromatic heterocycles. The second-order valence-electron chi connectivity index (χ2n) is 8.19. The van der Waals surface area contributed by atoms with Crippen LogP contribution < -0.4 is 10.1 Å². The molecule has 174 valence electrons. The fraction of sp³-hybridized carbons (Fsp3) is 0.103. The van der Waals surface area contributed by atoms with Gasteiger partial charge in [0.05, 0.1) is 17.4 Å². The molecule has 1 N–H and O–H groups in total. The lowest BCUT2D eigenvalue weighted by Crippen LogP contribution is -2.19. The number of anilines is 1. The number of allylic oxidation sites excluding steroid dienone is 6. The van der Waals surface area contributed by atoms with Crippen molar-refractivity contribution in [2.45, 2.75) is 19.6 Å². The van der Waals surface area contributed by atoms with Gasteiger partial charge in [0, 0.05) is 18.1 Å². The number of nitrogens with one attached hydrogen (secondary N) is 1. The number of pyridine rings is 1. The van der Waals surface area contributed by atoms with Crippen molar-refractivity contribution in [2.75, 3.05) is 5.32 Å². The second kappa shape index (κ2) is 10.2. The zero-order valence-electron chi connectivity index (χ0n) is 19.0. The number of hydrogen-bond acceptors (Lipinski definition) is 3. The third-order valence-electron chi connectivity index (χ3n) is 5.78. The number of fused-ring (bicyclic) bond motifs is 1. The molecule has 2 heterocycles. The second-order valence-corrected chi connectivity index (χ2v) is 8.19. The summed E-state index contributed by atoms with van der Waals surface area (Å²) in [5.41, 5.74) is 3.75. The largest absolute Gasteiger partial charge is 0.486 e. The van der Waals surface area contributed by atoms with Crippen LogP contribution in [-0.2, 0) is 13.2 Å². The molecule has 5 rings (SSSR count). The minimum Gasteiger partial charge on any atom is -0.486 e. The van der Waals surface area contributed by atoms with Crippen molar-refractivity contribution in [2.24, 2.45) is 0 Å². The van der Waals surface area contributed by atoms with Gasteiger partial charge in [-0.05, 0) is 54.0 Å². The van der Waals surface area contributed by atoms with Crippen molar-refractivity contribution in [1.82, 2.24) is 9.55 Å². The molecule has 1 amide bonds. The van der Waals surface area contributed by atoms with Gasteiger partial charge in [0.15, 0.2) is 11.4 Å². The van der Waals surface area contributed by atoms with E-state index in [-0.39, 0.29) is 11.7 Å². The Kier molecular flexibility index (Phi) is 6.52. The van der Waals surface area contributed by atoms with Gasteiger partial charge in [-0.2, -0.15) is 0 Å². The zero-order chi connectivity index (χ0) is 24.0. The topological polar surface area (TPSA) is 56.1 Å². The summed E-state index contributed by atoms with van der Waals surface area (Å²) >= 11 is 0. The summed E-state index contributed by atoms with van der Waals surface area (Å²) in [6.45, 7) is 0.711. The molecule has 0 spiro atoms. The van der Waals surface area contributed by atoms with E-state index < -0.39 is 0 Å². The zero-order valence-corrected chi connectivity index (χ0v) is 19.0. The average Bonchev–Trinajstić information content (AvgIpc) is 3.04. The third-order valence-corrected chi connectivity index (χ3v) is 5.78. The molecule has 0 fully saturated rings. The van der Waals surface area contributed by atoms with Crippen LogP contribution in [0, 0.1) is 0 Å². The van der Waals surface area contributed by atoms with Crippen LogP contribution in [0.3, 0.4) is 0 Å². The van der Waals surface area contributed by atoms with Crippen molar-refractivity contribution in [3.8, 4) is 5.75 Å². The predicted octanol–water partition coefficient (Wildman–Crippen LogP) is 6.61. The van der Waals surface area contributed by atoms with Gasteiger partial charge in [-0.25, -0.2) is 4.39 Å². The molecule has 5 nitrogen and oxygen atoms in total. The number of carbonyl (C=O) groups is 1. The number of para-hydroxylation sites is 1. The standard InChI is InChI=1S/C29H24FN3O2/c30-23-11-6-10-21(15-16-23)19-33-26-14-5-4-13-25(26)28(35-20-22-8-2-1-3-9-22)27(33)29(34)32-24-12-7-17-31-18-24/h1-5,7-18H,6,19-20H2,(H,32,34). The maximum Gasteiger partial charge on any atom is 0.276 e. The Hall–Kier alpha value is -4.45. The van der Waals surface area contributed by atoms with Crippen molar-refractivity contribution >= 4 is 22.5 Å². The van der Waals surface area contributed by atoms with Gasteiger partial charge in [-0.1, -0.05) is 54.6 Å². The molecule has 1 aliphatic carbocycles. The first-order valence-corrected chi connectivity index (χ1v) is 11.4. The van der Waals surface area contributed by atoms with E-state index >= 15 is 0 Å². The first-order valence-electron chi connectivity index (χ1n) is 11.4. The van der Waals surface area contributed by atoms with Crippen LogP contribution in [0.1, 0.15) is 22.5 Å². The molecule has 35 heavy (non-hydrogen) atoms. The van der Waals surface area contributed by atoms with E-state index in [2.05, 4.69) is 10.3 Å². The Bertz CT molecular complexity index is 1440. The van der Waals surface area contributed by atoms with E-state index in [0.29, 0.717) is 36.7 Å². The highest BCUT2D eigenvalue weighted by Crippen LogP contribution is 2.35. The van der Waals surface area contributed by atoms with E-state index in [9.17, 15) is 9.18 Å². The average molecular weight is 466 g/mol. The number of hydrogen-bond donors (Lipinski definition) is 1. The van der Waals surface area contributed by atoms with Crippen molar-refractivity contribution in [3.05, 3.63) is 126 Å². The van der Waals surface area contributed by atoms with Crippen LogP contribution in [0.4, 0.5) is 10.1 Å². The number of aromatic nitrogens is 2. The Morgan fingerprint density at radius 3 is 2.66 bits per heavy atom. The summed E-state index contributed by atoms with van der Waals surface area (Å²) in [5.74, 6) is -0.0665. The van der Waals surface area contributed by atoms with E-state index in [4.69, 9.17) is 4.74 Å². The predicted molar refractivity (Wildman–Crippen MR) is 136 cm³/mol. The van der Waals surface area contributed by atoms with E-state index in [1.165, 1.54) is 12.2 Å². The minimum absolute atomic E-state index is 0.268. The summed E-state index contributed by atoms with van der Waals surface area (Å²) in [5, 5.41) is 3.78. The summed E-state index contributed by atoms with van der Waals surface area (Å²) in [4.78, 5) is 17.7. The molecule has 0 unspecified atom stereocenters. The van der Waals surface area contributed by atoms with Gasteiger partial charge < -0.3 is 14.6 Å². The number of nitrogens with zero attached hydrogens (tertiary/aromatic N) is 2. The highest BCUT2D eigenvalue weighted by Gasteiger charge is 2.25. The molecular formula is C29H24FN3O2. The molecule has 0 bridgehead atoms. The Balaban J connectivity index is 1.59. The lowest BCUT2D eigenvalue weighted by atomic mass is 10.2. The van der Waals surface area contributed by atoms with Gasteiger partial charge in [0.2, 0.25) is 0 Å². The molecule has 4 aromatic rings. The Morgan fingerprint density at radius 2 is 1.83 bits per heavy atom. The number of halogens is 1. The molecule has 0 saturated heterocycles. The maximum atomic E-state index is 13.8. The van der Waals surface area contributed by atoms with E-state index in [1.807, 2.05) is 65.2 Å². The SMILES string of the molecule is O=C(Nc1cccnc1)c1c(OCc2ccccc2)c2ccccc2n1CC1=CCC=C(F)C=C1. The molecule has 0 saturated carbocycles. The van der Waals surface area contributed by atoms with Crippen molar-refractivity contribution in [1.29, 1.82) is 0 Å². The molecule has 0 aliphatic heterocycles. The smallest absolute Gasteiger partial charge is 0.276 e. The quantitative estimate of drug-likeness (QED) is 0.334. The van der Waals surface area contributed by atoms with Crippen LogP contribution in [-0.4, -0.2) is 15.5 Å². The van der Waals surface area contributed by atoms with E-state index in [0.717, 1.165) is 22.0 Å². The monoisotopic (exact) mass is 465 g/mol. The highest BCUT2D eigenvalue weighted by atomic mass is 19.1. The molecule has 0 atom stereocenters. The number of ether oxygens (including phenoxy) is 1. The maximum absolute atomic E-state index is 13.8. The molecule has 1 aliphatic rings. The number of benzene rings is 2. The van der Waals surface area contributed by atoms with Crippen LogP contribution in [0.5, 0.6) is 5.75 Å². The van der Waals surface area contributed by atoms with Crippen LogP contribution in [0.2, 0.25) is 0 Å². The lowest BCUT2D eigenvalue weighted by molar-refractivity contribution is 0.101. The van der Waals surface area contributed by atoms with Gasteiger partial charge in [-0.15, -0.1) is 0 Å². The fourth-order valence-electron chi connectivity index (χ4n) is 4.11. The molecule has 2 aromatic carbocycles. The van der Waals surface area contributed by atoms with Crippen LogP contribution in [0.15, 0.2) is 115 Å². The first kappa shape index (κ1) is 22.3. The highest BCUT2D eigenvalue weighted by molar-refractivity contribution is 6.10. The first-order chi connectivity index (χ1) is 17.2. The Morgan fingerprint density at radius 1 is 1.00 bits per heavy atom. The van der Waals surface area contributed by atoms with Crippen LogP contribution >= 0.6 is 0 Å². The van der Waals surface area contributed by atoms with Crippen molar-refractivity contribution in [3.63, 3.8) is 0 Å². The molecule has 0 radical (unpaired) electrons. The molecule has 6 heteroatoms. The number of carbonyl (C=O) groups excluding carboxylic acids is 1. The van der Waals surface area contributed by atoms with Gasteiger partial charge in [-0.3, -0.25) is 9.78 Å². The van der Waals surface area contributed by atoms with Crippen LogP contribution in [0.25, 0.3) is 10.9 Å². The summed E-state index contributed by atoms with van der Waals surface area (Å²) < 4.78 is 22.0. The van der Waals surface area contributed by atoms with Gasteiger partial charge in [0.25, 0.3) is 5.91 Å². The van der Waals surface area contributed by atoms with Gasteiger partial charge >= 0.3 is 0 Å². The number of amides is 1. The normalized spacial score (nSPS) is 13.2.